The molecule has 1 amide bonds. The number of nitrogens with zero attached hydrogens (tertiary/aromatic N) is 3. The van der Waals surface area contributed by atoms with Crippen LogP contribution < -0.4 is 19.5 Å². The molecule has 1 saturated carbocycles. The molecule has 1 aliphatic carbocycles. The second-order valence-corrected chi connectivity index (χ2v) is 7.48. The highest BCUT2D eigenvalue weighted by atomic mass is 19.1. The average Bonchev–Trinajstić information content (AvgIpc) is 3.32. The van der Waals surface area contributed by atoms with Crippen molar-refractivity contribution in [1.82, 2.24) is 25.5 Å². The molecule has 2 aromatic heterocycles. The lowest BCUT2D eigenvalue weighted by Crippen LogP contribution is -2.40. The van der Waals surface area contributed by atoms with Crippen LogP contribution in [-0.4, -0.2) is 52.4 Å². The van der Waals surface area contributed by atoms with Crippen LogP contribution in [0.15, 0.2) is 36.7 Å². The van der Waals surface area contributed by atoms with Crippen LogP contribution in [0.3, 0.4) is 0 Å². The van der Waals surface area contributed by atoms with Crippen molar-refractivity contribution in [2.24, 2.45) is 0 Å². The number of carbonyl (C=O) groups is 1. The third-order valence-electron chi connectivity index (χ3n) is 5.38. The van der Waals surface area contributed by atoms with Crippen LogP contribution >= 0.6 is 0 Å². The number of nitrogens with one attached hydrogen (secondary N) is 2. The lowest BCUT2D eigenvalue weighted by molar-refractivity contribution is 0.0880. The number of aromatic nitrogens is 4. The van der Waals surface area contributed by atoms with E-state index in [0.717, 1.165) is 43.6 Å². The van der Waals surface area contributed by atoms with E-state index in [2.05, 4.69) is 25.5 Å². The molecular weight excluding hydrogens is 417 g/mol. The standard InChI is InChI=1S/C22H24FN5O4/c1-30-16-7-8-20(31-2)17(9-16)18-10-19(28-27-18)21(29)26-14-3-5-15(6-4-14)32-22-24-11-13(23)12-25-22/h7-12,14-15H,3-6H2,1-2H3,(H,26,29)(H,27,28). The molecule has 4 rings (SSSR count). The van der Waals surface area contributed by atoms with Gasteiger partial charge in [0.25, 0.3) is 5.91 Å². The van der Waals surface area contributed by atoms with E-state index in [4.69, 9.17) is 14.2 Å². The summed E-state index contributed by atoms with van der Waals surface area (Å²) in [6.45, 7) is 0. The largest absolute Gasteiger partial charge is 0.497 e. The van der Waals surface area contributed by atoms with Gasteiger partial charge in [0.1, 0.15) is 23.3 Å². The summed E-state index contributed by atoms with van der Waals surface area (Å²) in [7, 11) is 3.16. The first-order chi connectivity index (χ1) is 15.6. The van der Waals surface area contributed by atoms with Crippen LogP contribution in [0.1, 0.15) is 36.2 Å². The summed E-state index contributed by atoms with van der Waals surface area (Å²) in [4.78, 5) is 20.4. The number of hydrogen-bond acceptors (Lipinski definition) is 7. The van der Waals surface area contributed by atoms with Crippen molar-refractivity contribution in [1.29, 1.82) is 0 Å². The first-order valence-corrected chi connectivity index (χ1v) is 10.3. The summed E-state index contributed by atoms with van der Waals surface area (Å²) < 4.78 is 29.3. The molecule has 0 radical (unpaired) electrons. The number of amides is 1. The second kappa shape index (κ2) is 9.63. The van der Waals surface area contributed by atoms with Gasteiger partial charge in [0, 0.05) is 11.6 Å². The lowest BCUT2D eigenvalue weighted by Gasteiger charge is -2.28. The predicted octanol–water partition coefficient (Wildman–Crippen LogP) is 3.14. The highest BCUT2D eigenvalue weighted by molar-refractivity contribution is 5.93. The summed E-state index contributed by atoms with van der Waals surface area (Å²) in [5, 5.41) is 10.1. The van der Waals surface area contributed by atoms with Gasteiger partial charge in [0.15, 0.2) is 5.82 Å². The molecule has 3 aromatic rings. The van der Waals surface area contributed by atoms with Crippen molar-refractivity contribution in [3.63, 3.8) is 0 Å². The van der Waals surface area contributed by atoms with Gasteiger partial charge in [-0.15, -0.1) is 0 Å². The fourth-order valence-electron chi connectivity index (χ4n) is 3.69. The van der Waals surface area contributed by atoms with Crippen molar-refractivity contribution in [3.05, 3.63) is 48.2 Å². The fourth-order valence-corrected chi connectivity index (χ4v) is 3.69. The Morgan fingerprint density at radius 2 is 1.84 bits per heavy atom. The van der Waals surface area contributed by atoms with E-state index in [1.54, 1.807) is 32.4 Å². The Morgan fingerprint density at radius 3 is 2.53 bits per heavy atom. The molecule has 0 atom stereocenters. The Balaban J connectivity index is 1.34. The van der Waals surface area contributed by atoms with E-state index in [1.165, 1.54) is 0 Å². The van der Waals surface area contributed by atoms with E-state index in [9.17, 15) is 9.18 Å². The number of ether oxygens (including phenoxy) is 3. The minimum Gasteiger partial charge on any atom is -0.497 e. The van der Waals surface area contributed by atoms with Crippen molar-refractivity contribution in [2.75, 3.05) is 14.2 Å². The van der Waals surface area contributed by atoms with Crippen LogP contribution in [0.2, 0.25) is 0 Å². The summed E-state index contributed by atoms with van der Waals surface area (Å²) in [5.74, 6) is 0.569. The third-order valence-corrected chi connectivity index (χ3v) is 5.38. The average molecular weight is 441 g/mol. The highest BCUT2D eigenvalue weighted by Crippen LogP contribution is 2.32. The molecule has 1 aliphatic rings. The first-order valence-electron chi connectivity index (χ1n) is 10.3. The van der Waals surface area contributed by atoms with Crippen LogP contribution in [0.25, 0.3) is 11.3 Å². The van der Waals surface area contributed by atoms with Gasteiger partial charge < -0.3 is 19.5 Å². The Labute approximate surface area is 184 Å². The van der Waals surface area contributed by atoms with E-state index in [0.29, 0.717) is 22.9 Å². The molecule has 0 aliphatic heterocycles. The van der Waals surface area contributed by atoms with Gasteiger partial charge >= 0.3 is 6.01 Å². The number of hydrogen-bond donors (Lipinski definition) is 2. The van der Waals surface area contributed by atoms with Gasteiger partial charge in [-0.05, 0) is 49.9 Å². The van der Waals surface area contributed by atoms with E-state index >= 15 is 0 Å². The molecule has 2 N–H and O–H groups in total. The highest BCUT2D eigenvalue weighted by Gasteiger charge is 2.25. The Hall–Kier alpha value is -3.69. The Morgan fingerprint density at radius 1 is 1.09 bits per heavy atom. The summed E-state index contributed by atoms with van der Waals surface area (Å²) >= 11 is 0. The molecule has 10 heteroatoms. The molecular formula is C22H24FN5O4. The molecule has 1 fully saturated rings. The molecule has 0 unspecified atom stereocenters. The maximum atomic E-state index is 12.9. The van der Waals surface area contributed by atoms with Gasteiger partial charge in [-0.25, -0.2) is 14.4 Å². The fraction of sp³-hybridized carbons (Fsp3) is 0.364. The molecule has 0 saturated heterocycles. The summed E-state index contributed by atoms with van der Waals surface area (Å²) in [5.41, 5.74) is 1.67. The van der Waals surface area contributed by atoms with Gasteiger partial charge in [-0.3, -0.25) is 9.89 Å². The van der Waals surface area contributed by atoms with Crippen LogP contribution in [0, 0.1) is 5.82 Å². The SMILES string of the molecule is COc1ccc(OC)c(-c2cc(C(=O)NC3CCC(Oc4ncc(F)cn4)CC3)[nH]n2)c1. The van der Waals surface area contributed by atoms with E-state index in [-0.39, 0.29) is 24.1 Å². The maximum Gasteiger partial charge on any atom is 0.316 e. The molecule has 0 bridgehead atoms. The Bertz CT molecular complexity index is 1060. The maximum absolute atomic E-state index is 12.9. The van der Waals surface area contributed by atoms with Crippen molar-refractivity contribution >= 4 is 5.91 Å². The second-order valence-electron chi connectivity index (χ2n) is 7.48. The number of halogens is 1. The van der Waals surface area contributed by atoms with Gasteiger partial charge in [0.2, 0.25) is 0 Å². The monoisotopic (exact) mass is 441 g/mol. The molecule has 1 aromatic carbocycles. The number of H-pyrrole nitrogens is 1. The molecule has 168 valence electrons. The van der Waals surface area contributed by atoms with Crippen LogP contribution in [0.5, 0.6) is 17.5 Å². The smallest absolute Gasteiger partial charge is 0.316 e. The molecule has 2 heterocycles. The van der Waals surface area contributed by atoms with Crippen LogP contribution in [-0.2, 0) is 0 Å². The number of carbonyl (C=O) groups excluding carboxylic acids is 1. The normalized spacial score (nSPS) is 18.1. The van der Waals surface area contributed by atoms with Crippen molar-refractivity contribution in [2.45, 2.75) is 37.8 Å². The number of aromatic amines is 1. The summed E-state index contributed by atoms with van der Waals surface area (Å²) in [6, 6.07) is 7.27. The summed E-state index contributed by atoms with van der Waals surface area (Å²) in [6.07, 6.45) is 5.07. The molecule has 9 nitrogen and oxygen atoms in total. The third kappa shape index (κ3) is 4.96. The quantitative estimate of drug-likeness (QED) is 0.579. The van der Waals surface area contributed by atoms with E-state index in [1.807, 2.05) is 6.07 Å². The van der Waals surface area contributed by atoms with Crippen LogP contribution in [0.4, 0.5) is 4.39 Å². The first kappa shape index (κ1) is 21.5. The van der Waals surface area contributed by atoms with Crippen molar-refractivity contribution in [3.8, 4) is 28.8 Å². The number of methoxy groups -OCH3 is 2. The van der Waals surface area contributed by atoms with Gasteiger partial charge in [-0.1, -0.05) is 0 Å². The minimum absolute atomic E-state index is 0.0228. The molecule has 32 heavy (non-hydrogen) atoms. The zero-order chi connectivity index (χ0) is 22.5. The zero-order valence-electron chi connectivity index (χ0n) is 17.8. The number of rotatable bonds is 7. The van der Waals surface area contributed by atoms with E-state index < -0.39 is 5.82 Å². The Kier molecular flexibility index (Phi) is 6.48. The molecule has 0 spiro atoms. The number of benzene rings is 1. The predicted molar refractivity (Wildman–Crippen MR) is 113 cm³/mol. The minimum atomic E-state index is -0.504. The van der Waals surface area contributed by atoms with Gasteiger partial charge in [0.05, 0.1) is 32.3 Å². The topological polar surface area (TPSA) is 111 Å². The zero-order valence-corrected chi connectivity index (χ0v) is 17.8. The van der Waals surface area contributed by atoms with Crippen molar-refractivity contribution < 1.29 is 23.4 Å². The van der Waals surface area contributed by atoms with Gasteiger partial charge in [-0.2, -0.15) is 5.10 Å². The lowest BCUT2D eigenvalue weighted by atomic mass is 9.93.